The average molecular weight is 207 g/mol. The number of carbonyl (C=O) groups is 1. The number of hydrogen-bond acceptors (Lipinski definition) is 4. The molecular formula is C11H13NO3. The Morgan fingerprint density at radius 2 is 2.20 bits per heavy atom. The number of ether oxygens (including phenoxy) is 2. The lowest BCUT2D eigenvalue weighted by molar-refractivity contribution is -0.0407. The molecule has 1 fully saturated rings. The number of Topliss-reactive ketones (excluding diaryl/α,β-unsaturated/α-hetero) is 1. The first-order valence-corrected chi connectivity index (χ1v) is 4.94. The number of nitrogens with zero attached hydrogens (tertiary/aromatic N) is 1. The molecule has 80 valence electrons. The molecule has 0 bridgehead atoms. The number of carbonyl (C=O) groups excluding carboxylic acids is 1. The summed E-state index contributed by atoms with van der Waals surface area (Å²) in [5.41, 5.74) is 1.60. The van der Waals surface area contributed by atoms with E-state index in [2.05, 4.69) is 4.98 Å². The maximum atomic E-state index is 11.8. The van der Waals surface area contributed by atoms with Gasteiger partial charge in [-0.15, -0.1) is 0 Å². The molecule has 0 amide bonds. The Kier molecular flexibility index (Phi) is 3.08. The summed E-state index contributed by atoms with van der Waals surface area (Å²) in [4.78, 5) is 15.7. The third-order valence-corrected chi connectivity index (χ3v) is 2.24. The van der Waals surface area contributed by atoms with Crippen LogP contribution in [0.1, 0.15) is 22.3 Å². The first kappa shape index (κ1) is 10.3. The summed E-state index contributed by atoms with van der Waals surface area (Å²) in [6.07, 6.45) is 3.19. The molecule has 1 aromatic rings. The van der Waals surface area contributed by atoms with Crippen LogP contribution >= 0.6 is 0 Å². The van der Waals surface area contributed by atoms with Crippen LogP contribution in [-0.2, 0) is 9.47 Å². The lowest BCUT2D eigenvalue weighted by Crippen LogP contribution is -2.14. The lowest BCUT2D eigenvalue weighted by Gasteiger charge is -2.07. The molecule has 0 unspecified atom stereocenters. The smallest absolute Gasteiger partial charge is 0.169 e. The van der Waals surface area contributed by atoms with Gasteiger partial charge in [0.05, 0.1) is 19.6 Å². The van der Waals surface area contributed by atoms with E-state index in [0.29, 0.717) is 18.8 Å². The Labute approximate surface area is 88.2 Å². The molecule has 0 saturated carbocycles. The summed E-state index contributed by atoms with van der Waals surface area (Å²) in [6.45, 7) is 3.06. The largest absolute Gasteiger partial charge is 0.350 e. The van der Waals surface area contributed by atoms with E-state index in [0.717, 1.165) is 5.56 Å². The Bertz CT molecular complexity index is 359. The van der Waals surface area contributed by atoms with Gasteiger partial charge in [-0.1, -0.05) is 0 Å². The molecule has 2 rings (SSSR count). The van der Waals surface area contributed by atoms with Crippen LogP contribution in [0.2, 0.25) is 0 Å². The average Bonchev–Trinajstić information content (AvgIpc) is 2.70. The van der Waals surface area contributed by atoms with Crippen molar-refractivity contribution in [1.82, 2.24) is 4.98 Å². The Balaban J connectivity index is 2.01. The standard InChI is InChI=1S/C11H13NO3/c1-8-4-9(7-12-6-8)10(13)5-11-14-2-3-15-11/h4,6-7,11H,2-3,5H2,1H3. The Morgan fingerprint density at radius 1 is 1.47 bits per heavy atom. The second-order valence-electron chi connectivity index (χ2n) is 3.55. The van der Waals surface area contributed by atoms with Gasteiger partial charge in [-0.2, -0.15) is 0 Å². The van der Waals surface area contributed by atoms with Gasteiger partial charge in [0.15, 0.2) is 12.1 Å². The van der Waals surface area contributed by atoms with Crippen molar-refractivity contribution in [1.29, 1.82) is 0 Å². The monoisotopic (exact) mass is 207 g/mol. The van der Waals surface area contributed by atoms with Gasteiger partial charge in [-0.3, -0.25) is 9.78 Å². The number of rotatable bonds is 3. The molecule has 4 heteroatoms. The van der Waals surface area contributed by atoms with Gasteiger partial charge in [0, 0.05) is 18.0 Å². The summed E-state index contributed by atoms with van der Waals surface area (Å²) < 4.78 is 10.4. The van der Waals surface area contributed by atoms with Gasteiger partial charge in [0.25, 0.3) is 0 Å². The van der Waals surface area contributed by atoms with Gasteiger partial charge in [-0.05, 0) is 18.6 Å². The van der Waals surface area contributed by atoms with E-state index in [-0.39, 0.29) is 18.5 Å². The van der Waals surface area contributed by atoms with Crippen LogP contribution in [0.5, 0.6) is 0 Å². The highest BCUT2D eigenvalue weighted by Crippen LogP contribution is 2.12. The highest BCUT2D eigenvalue weighted by Gasteiger charge is 2.20. The highest BCUT2D eigenvalue weighted by molar-refractivity contribution is 5.96. The summed E-state index contributed by atoms with van der Waals surface area (Å²) in [5, 5.41) is 0. The van der Waals surface area contributed by atoms with Crippen LogP contribution in [0.15, 0.2) is 18.5 Å². The third-order valence-electron chi connectivity index (χ3n) is 2.24. The van der Waals surface area contributed by atoms with Crippen molar-refractivity contribution in [2.75, 3.05) is 13.2 Å². The fourth-order valence-corrected chi connectivity index (χ4v) is 1.50. The van der Waals surface area contributed by atoms with Crippen LogP contribution in [0.4, 0.5) is 0 Å². The van der Waals surface area contributed by atoms with E-state index in [4.69, 9.17) is 9.47 Å². The van der Waals surface area contributed by atoms with Crippen molar-refractivity contribution in [2.45, 2.75) is 19.6 Å². The molecule has 1 saturated heterocycles. The minimum absolute atomic E-state index is 0.0121. The van der Waals surface area contributed by atoms with Crippen LogP contribution in [0, 0.1) is 6.92 Å². The molecule has 2 heterocycles. The predicted octanol–water partition coefficient (Wildman–Crippen LogP) is 1.34. The van der Waals surface area contributed by atoms with Crippen molar-refractivity contribution in [3.63, 3.8) is 0 Å². The fraction of sp³-hybridized carbons (Fsp3) is 0.455. The second-order valence-corrected chi connectivity index (χ2v) is 3.55. The molecule has 0 aliphatic carbocycles. The van der Waals surface area contributed by atoms with E-state index in [1.807, 2.05) is 13.0 Å². The maximum absolute atomic E-state index is 11.8. The molecule has 0 spiro atoms. The first-order chi connectivity index (χ1) is 7.25. The van der Waals surface area contributed by atoms with E-state index in [9.17, 15) is 4.79 Å². The zero-order valence-corrected chi connectivity index (χ0v) is 8.60. The summed E-state index contributed by atoms with van der Waals surface area (Å²) >= 11 is 0. The number of aromatic nitrogens is 1. The van der Waals surface area contributed by atoms with Crippen LogP contribution in [0.3, 0.4) is 0 Å². The SMILES string of the molecule is Cc1cncc(C(=O)CC2OCCO2)c1. The van der Waals surface area contributed by atoms with Crippen LogP contribution in [0.25, 0.3) is 0 Å². The zero-order valence-electron chi connectivity index (χ0n) is 8.60. The lowest BCUT2D eigenvalue weighted by atomic mass is 10.1. The number of hydrogen-bond donors (Lipinski definition) is 0. The molecular weight excluding hydrogens is 194 g/mol. The van der Waals surface area contributed by atoms with Crippen LogP contribution < -0.4 is 0 Å². The summed E-state index contributed by atoms with van der Waals surface area (Å²) in [7, 11) is 0. The van der Waals surface area contributed by atoms with Crippen LogP contribution in [-0.4, -0.2) is 30.3 Å². The third kappa shape index (κ3) is 2.61. The molecule has 0 radical (unpaired) electrons. The number of ketones is 1. The number of aryl methyl sites for hydroxylation is 1. The van der Waals surface area contributed by atoms with E-state index < -0.39 is 0 Å². The quantitative estimate of drug-likeness (QED) is 0.702. The summed E-state index contributed by atoms with van der Waals surface area (Å²) in [5.74, 6) is 0.0121. The fourth-order valence-electron chi connectivity index (χ4n) is 1.50. The predicted molar refractivity (Wildman–Crippen MR) is 53.6 cm³/mol. The molecule has 0 N–H and O–H groups in total. The molecule has 4 nitrogen and oxygen atoms in total. The van der Waals surface area contributed by atoms with Gasteiger partial charge >= 0.3 is 0 Å². The van der Waals surface area contributed by atoms with Crippen molar-refractivity contribution in [3.05, 3.63) is 29.6 Å². The molecule has 0 aromatic carbocycles. The molecule has 0 atom stereocenters. The topological polar surface area (TPSA) is 48.4 Å². The Hall–Kier alpha value is -1.26. The summed E-state index contributed by atoms with van der Waals surface area (Å²) in [6, 6.07) is 1.82. The second kappa shape index (κ2) is 4.51. The van der Waals surface area contributed by atoms with Crippen molar-refractivity contribution >= 4 is 5.78 Å². The van der Waals surface area contributed by atoms with Gasteiger partial charge in [0.2, 0.25) is 0 Å². The zero-order chi connectivity index (χ0) is 10.7. The number of pyridine rings is 1. The Morgan fingerprint density at radius 3 is 2.87 bits per heavy atom. The molecule has 15 heavy (non-hydrogen) atoms. The van der Waals surface area contributed by atoms with Crippen molar-refractivity contribution in [2.24, 2.45) is 0 Å². The van der Waals surface area contributed by atoms with Gasteiger partial charge in [0.1, 0.15) is 0 Å². The maximum Gasteiger partial charge on any atom is 0.169 e. The first-order valence-electron chi connectivity index (χ1n) is 4.94. The van der Waals surface area contributed by atoms with E-state index in [1.54, 1.807) is 12.4 Å². The minimum atomic E-state index is -0.377. The minimum Gasteiger partial charge on any atom is -0.350 e. The molecule has 1 aromatic heterocycles. The highest BCUT2D eigenvalue weighted by atomic mass is 16.7. The van der Waals surface area contributed by atoms with Gasteiger partial charge in [-0.25, -0.2) is 0 Å². The molecule has 1 aliphatic heterocycles. The normalized spacial score (nSPS) is 16.9. The van der Waals surface area contributed by atoms with E-state index >= 15 is 0 Å². The molecule has 1 aliphatic rings. The van der Waals surface area contributed by atoms with Crippen molar-refractivity contribution in [3.8, 4) is 0 Å². The van der Waals surface area contributed by atoms with Crippen molar-refractivity contribution < 1.29 is 14.3 Å². The van der Waals surface area contributed by atoms with E-state index in [1.165, 1.54) is 0 Å². The van der Waals surface area contributed by atoms with Gasteiger partial charge < -0.3 is 9.47 Å².